The minimum absolute atomic E-state index is 0.0684. The van der Waals surface area contributed by atoms with Crippen LogP contribution < -0.4 is 9.64 Å². The molecule has 1 amide bonds. The molecule has 0 bridgehead atoms. The first-order valence-electron chi connectivity index (χ1n) is 13.6. The lowest BCUT2D eigenvalue weighted by Crippen LogP contribution is -2.25. The average Bonchev–Trinajstić information content (AvgIpc) is 3.51. The Morgan fingerprint density at radius 1 is 1.00 bits per heavy atom. The van der Waals surface area contributed by atoms with E-state index < -0.39 is 0 Å². The Kier molecular flexibility index (Phi) is 7.59. The summed E-state index contributed by atoms with van der Waals surface area (Å²) in [6.07, 6.45) is 3.39. The van der Waals surface area contributed by atoms with Crippen LogP contribution in [0.3, 0.4) is 0 Å². The molecular formula is C32H37N3O2. The minimum atomic E-state index is 0.0684. The van der Waals surface area contributed by atoms with E-state index in [9.17, 15) is 4.79 Å². The molecule has 0 radical (unpaired) electrons. The monoisotopic (exact) mass is 495 g/mol. The van der Waals surface area contributed by atoms with Gasteiger partial charge < -0.3 is 14.2 Å². The van der Waals surface area contributed by atoms with Gasteiger partial charge in [0.1, 0.15) is 11.6 Å². The van der Waals surface area contributed by atoms with Crippen LogP contribution in [0.1, 0.15) is 68.8 Å². The lowest BCUT2D eigenvalue weighted by Gasteiger charge is -2.20. The van der Waals surface area contributed by atoms with Crippen molar-refractivity contribution in [3.63, 3.8) is 0 Å². The zero-order valence-electron chi connectivity index (χ0n) is 22.2. The summed E-state index contributed by atoms with van der Waals surface area (Å²) in [6, 6.07) is 25.0. The number of rotatable bonds is 10. The van der Waals surface area contributed by atoms with Crippen LogP contribution in [-0.4, -0.2) is 28.6 Å². The molecule has 5 rings (SSSR count). The van der Waals surface area contributed by atoms with Crippen molar-refractivity contribution in [2.75, 3.05) is 18.1 Å². The largest absolute Gasteiger partial charge is 0.494 e. The second-order valence-corrected chi connectivity index (χ2v) is 10.1. The molecule has 1 aliphatic rings. The van der Waals surface area contributed by atoms with E-state index in [1.54, 1.807) is 0 Å². The predicted octanol–water partition coefficient (Wildman–Crippen LogP) is 7.10. The summed E-state index contributed by atoms with van der Waals surface area (Å²) in [7, 11) is 0. The molecule has 3 aromatic carbocycles. The number of anilines is 1. The molecule has 0 N–H and O–H groups in total. The van der Waals surface area contributed by atoms with E-state index >= 15 is 0 Å². The molecule has 1 aliphatic heterocycles. The van der Waals surface area contributed by atoms with E-state index in [-0.39, 0.29) is 11.8 Å². The van der Waals surface area contributed by atoms with Crippen molar-refractivity contribution in [3.8, 4) is 5.75 Å². The van der Waals surface area contributed by atoms with Crippen molar-refractivity contribution < 1.29 is 9.53 Å². The van der Waals surface area contributed by atoms with Crippen LogP contribution in [0.4, 0.5) is 5.69 Å². The van der Waals surface area contributed by atoms with E-state index in [1.165, 1.54) is 11.1 Å². The minimum Gasteiger partial charge on any atom is -0.494 e. The summed E-state index contributed by atoms with van der Waals surface area (Å²) in [5.41, 5.74) is 5.70. The van der Waals surface area contributed by atoms with Crippen molar-refractivity contribution >= 4 is 22.6 Å². The topological polar surface area (TPSA) is 47.4 Å². The second kappa shape index (κ2) is 11.2. The summed E-state index contributed by atoms with van der Waals surface area (Å²) in [4.78, 5) is 20.1. The van der Waals surface area contributed by atoms with Gasteiger partial charge in [-0.05, 0) is 66.6 Å². The van der Waals surface area contributed by atoms with Crippen LogP contribution in [-0.2, 0) is 17.8 Å². The van der Waals surface area contributed by atoms with Gasteiger partial charge in [-0.1, -0.05) is 63.2 Å². The molecule has 5 nitrogen and oxygen atoms in total. The summed E-state index contributed by atoms with van der Waals surface area (Å²) < 4.78 is 8.37. The van der Waals surface area contributed by atoms with Gasteiger partial charge in [-0.25, -0.2) is 4.98 Å². The summed E-state index contributed by atoms with van der Waals surface area (Å²) in [5, 5.41) is 0. The van der Waals surface area contributed by atoms with E-state index in [0.29, 0.717) is 25.5 Å². The summed E-state index contributed by atoms with van der Waals surface area (Å²) in [5.74, 6) is 2.72. The van der Waals surface area contributed by atoms with Gasteiger partial charge >= 0.3 is 0 Å². The van der Waals surface area contributed by atoms with Gasteiger partial charge in [0.05, 0.1) is 17.6 Å². The van der Waals surface area contributed by atoms with Crippen LogP contribution in [0.2, 0.25) is 0 Å². The number of carbonyl (C=O) groups excluding carboxylic acids is 1. The predicted molar refractivity (Wildman–Crippen MR) is 151 cm³/mol. The first-order chi connectivity index (χ1) is 18.1. The Balaban J connectivity index is 1.30. The Hall–Kier alpha value is -3.60. The van der Waals surface area contributed by atoms with Gasteiger partial charge in [-0.15, -0.1) is 0 Å². The maximum atomic E-state index is 13.1. The number of amides is 1. The van der Waals surface area contributed by atoms with Crippen molar-refractivity contribution in [2.24, 2.45) is 0 Å². The standard InChI is InChI=1S/C32H37N3O2/c1-4-23(3)25-15-17-27(18-16-25)37-20-10-19-34-30-14-9-7-12-28(30)33-32(34)26-21-31(36)35(22-26)29-13-8-6-11-24(29)5-2/h6-9,11-18,23,26H,4-5,10,19-22H2,1-3H3. The van der Waals surface area contributed by atoms with Gasteiger partial charge in [0.25, 0.3) is 0 Å². The average molecular weight is 496 g/mol. The van der Waals surface area contributed by atoms with Crippen molar-refractivity contribution in [1.29, 1.82) is 0 Å². The molecule has 0 aliphatic carbocycles. The summed E-state index contributed by atoms with van der Waals surface area (Å²) in [6.45, 7) is 8.71. The number of para-hydroxylation sites is 3. The van der Waals surface area contributed by atoms with Crippen LogP contribution in [0, 0.1) is 0 Å². The molecule has 0 saturated carbocycles. The number of aryl methyl sites for hydroxylation is 2. The highest BCUT2D eigenvalue weighted by Crippen LogP contribution is 2.35. The third kappa shape index (κ3) is 5.27. The molecule has 192 valence electrons. The Labute approximate surface area is 220 Å². The van der Waals surface area contributed by atoms with Gasteiger partial charge in [-0.2, -0.15) is 0 Å². The van der Waals surface area contributed by atoms with Gasteiger partial charge in [0.15, 0.2) is 0 Å². The smallest absolute Gasteiger partial charge is 0.227 e. The molecule has 4 aromatic rings. The quantitative estimate of drug-likeness (QED) is 0.220. The van der Waals surface area contributed by atoms with Gasteiger partial charge in [0.2, 0.25) is 5.91 Å². The number of ether oxygens (including phenoxy) is 1. The highest BCUT2D eigenvalue weighted by Gasteiger charge is 2.35. The molecule has 5 heteroatoms. The van der Waals surface area contributed by atoms with Crippen molar-refractivity contribution in [3.05, 3.63) is 89.7 Å². The number of hydrogen-bond acceptors (Lipinski definition) is 3. The molecule has 1 aromatic heterocycles. The SMILES string of the molecule is CCc1ccccc1N1CC(c2nc3ccccc3n2CCCOc2ccc(C(C)CC)cc2)CC1=O. The van der Waals surface area contributed by atoms with E-state index in [2.05, 4.69) is 79.9 Å². The molecule has 2 heterocycles. The number of nitrogens with zero attached hydrogens (tertiary/aromatic N) is 3. The van der Waals surface area contributed by atoms with Crippen LogP contribution >= 0.6 is 0 Å². The molecule has 1 fully saturated rings. The Morgan fingerprint density at radius 3 is 2.54 bits per heavy atom. The number of aromatic nitrogens is 2. The molecular weight excluding hydrogens is 458 g/mol. The zero-order valence-corrected chi connectivity index (χ0v) is 22.2. The van der Waals surface area contributed by atoms with Crippen molar-refractivity contribution in [2.45, 2.75) is 64.8 Å². The highest BCUT2D eigenvalue weighted by atomic mass is 16.5. The highest BCUT2D eigenvalue weighted by molar-refractivity contribution is 5.97. The Bertz CT molecular complexity index is 1360. The molecule has 1 saturated heterocycles. The normalized spacial score (nSPS) is 16.5. The third-order valence-corrected chi connectivity index (χ3v) is 7.69. The van der Waals surface area contributed by atoms with Crippen LogP contribution in [0.5, 0.6) is 5.75 Å². The number of benzene rings is 3. The first kappa shape index (κ1) is 25.1. The number of fused-ring (bicyclic) bond motifs is 1. The molecule has 37 heavy (non-hydrogen) atoms. The first-order valence-corrected chi connectivity index (χ1v) is 13.6. The van der Waals surface area contributed by atoms with Crippen molar-refractivity contribution in [1.82, 2.24) is 9.55 Å². The van der Waals surface area contributed by atoms with Crippen LogP contribution in [0.15, 0.2) is 72.8 Å². The number of carbonyl (C=O) groups is 1. The molecule has 0 spiro atoms. The fraction of sp³-hybridized carbons (Fsp3) is 0.375. The second-order valence-electron chi connectivity index (χ2n) is 10.1. The lowest BCUT2D eigenvalue weighted by atomic mass is 9.99. The summed E-state index contributed by atoms with van der Waals surface area (Å²) >= 11 is 0. The fourth-order valence-corrected chi connectivity index (χ4v) is 5.37. The van der Waals surface area contributed by atoms with Gasteiger partial charge in [0, 0.05) is 31.1 Å². The van der Waals surface area contributed by atoms with Gasteiger partial charge in [-0.3, -0.25) is 4.79 Å². The number of hydrogen-bond donors (Lipinski definition) is 0. The molecule has 2 atom stereocenters. The molecule has 2 unspecified atom stereocenters. The number of imidazole rings is 1. The van der Waals surface area contributed by atoms with E-state index in [1.807, 2.05) is 23.1 Å². The van der Waals surface area contributed by atoms with Crippen LogP contribution in [0.25, 0.3) is 11.0 Å². The maximum absolute atomic E-state index is 13.1. The Morgan fingerprint density at radius 2 is 1.76 bits per heavy atom. The van der Waals surface area contributed by atoms with E-state index in [4.69, 9.17) is 9.72 Å². The maximum Gasteiger partial charge on any atom is 0.227 e. The zero-order chi connectivity index (χ0) is 25.8. The fourth-order valence-electron chi connectivity index (χ4n) is 5.37. The van der Waals surface area contributed by atoms with E-state index in [0.717, 1.165) is 54.1 Å². The third-order valence-electron chi connectivity index (χ3n) is 7.69. The lowest BCUT2D eigenvalue weighted by molar-refractivity contribution is -0.117.